The molecular weight excluding hydrogens is 282 g/mol. The Kier molecular flexibility index (Phi) is 5.16. The Morgan fingerprint density at radius 3 is 2.73 bits per heavy atom. The maximum atomic E-state index is 12.1. The number of furan rings is 1. The van der Waals surface area contributed by atoms with E-state index < -0.39 is 0 Å². The second-order valence-corrected chi connectivity index (χ2v) is 5.08. The molecule has 0 aliphatic heterocycles. The number of carbonyl (C=O) groups is 2. The summed E-state index contributed by atoms with van der Waals surface area (Å²) in [5.41, 5.74) is 7.03. The van der Waals surface area contributed by atoms with Gasteiger partial charge in [-0.25, -0.2) is 0 Å². The SMILES string of the molecule is CCc1oc2ccccc2c1CN(C)C(=O)CNC(=O)CN. The molecule has 2 amide bonds. The Balaban J connectivity index is 2.12. The zero-order valence-electron chi connectivity index (χ0n) is 12.9. The van der Waals surface area contributed by atoms with Gasteiger partial charge >= 0.3 is 0 Å². The van der Waals surface area contributed by atoms with Gasteiger partial charge in [-0.15, -0.1) is 0 Å². The number of benzene rings is 1. The van der Waals surface area contributed by atoms with Crippen LogP contribution in [0.25, 0.3) is 11.0 Å². The highest BCUT2D eigenvalue weighted by Crippen LogP contribution is 2.27. The van der Waals surface area contributed by atoms with Crippen LogP contribution in [0.4, 0.5) is 0 Å². The summed E-state index contributed by atoms with van der Waals surface area (Å²) >= 11 is 0. The standard InChI is InChI=1S/C16H21N3O3/c1-3-13-12(11-6-4-5-7-14(11)22-13)10-19(2)16(21)9-18-15(20)8-17/h4-7H,3,8-10,17H2,1-2H3,(H,18,20). The molecule has 0 unspecified atom stereocenters. The van der Waals surface area contributed by atoms with Crippen molar-refractivity contribution in [2.24, 2.45) is 5.73 Å². The number of hydrogen-bond acceptors (Lipinski definition) is 4. The molecule has 1 aromatic heterocycles. The van der Waals surface area contributed by atoms with Crippen LogP contribution in [0.15, 0.2) is 28.7 Å². The van der Waals surface area contributed by atoms with Crippen molar-refractivity contribution in [3.05, 3.63) is 35.6 Å². The molecule has 0 saturated carbocycles. The zero-order chi connectivity index (χ0) is 16.1. The highest BCUT2D eigenvalue weighted by Gasteiger charge is 2.17. The third-order valence-electron chi connectivity index (χ3n) is 3.55. The lowest BCUT2D eigenvalue weighted by Gasteiger charge is -2.17. The second-order valence-electron chi connectivity index (χ2n) is 5.08. The fourth-order valence-electron chi connectivity index (χ4n) is 2.32. The van der Waals surface area contributed by atoms with Gasteiger partial charge in [-0.05, 0) is 6.07 Å². The van der Waals surface area contributed by atoms with Crippen molar-refractivity contribution in [2.45, 2.75) is 19.9 Å². The third-order valence-corrected chi connectivity index (χ3v) is 3.55. The van der Waals surface area contributed by atoms with Crippen LogP contribution in [0.1, 0.15) is 18.2 Å². The van der Waals surface area contributed by atoms with Gasteiger partial charge in [0.2, 0.25) is 11.8 Å². The van der Waals surface area contributed by atoms with Crippen molar-refractivity contribution in [3.63, 3.8) is 0 Å². The van der Waals surface area contributed by atoms with Gasteiger partial charge < -0.3 is 20.4 Å². The maximum Gasteiger partial charge on any atom is 0.242 e. The van der Waals surface area contributed by atoms with Gasteiger partial charge in [0.15, 0.2) is 0 Å². The van der Waals surface area contributed by atoms with Crippen LogP contribution >= 0.6 is 0 Å². The van der Waals surface area contributed by atoms with Crippen LogP contribution < -0.4 is 11.1 Å². The molecular formula is C16H21N3O3. The van der Waals surface area contributed by atoms with E-state index in [9.17, 15) is 9.59 Å². The minimum Gasteiger partial charge on any atom is -0.461 e. The van der Waals surface area contributed by atoms with E-state index in [0.717, 1.165) is 28.7 Å². The fourth-order valence-corrected chi connectivity index (χ4v) is 2.32. The van der Waals surface area contributed by atoms with Gasteiger partial charge in [-0.3, -0.25) is 9.59 Å². The van der Waals surface area contributed by atoms with Crippen molar-refractivity contribution in [1.29, 1.82) is 0 Å². The van der Waals surface area contributed by atoms with Gasteiger partial charge in [0, 0.05) is 31.0 Å². The lowest BCUT2D eigenvalue weighted by atomic mass is 10.1. The summed E-state index contributed by atoms with van der Waals surface area (Å²) in [6, 6.07) is 7.78. The lowest BCUT2D eigenvalue weighted by Crippen LogP contribution is -2.40. The number of nitrogens with zero attached hydrogens (tertiary/aromatic N) is 1. The lowest BCUT2D eigenvalue weighted by molar-refractivity contribution is -0.131. The van der Waals surface area contributed by atoms with E-state index in [1.165, 1.54) is 0 Å². The summed E-state index contributed by atoms with van der Waals surface area (Å²) < 4.78 is 5.82. The molecule has 0 fully saturated rings. The molecule has 0 saturated heterocycles. The molecule has 2 aromatic rings. The second kappa shape index (κ2) is 7.09. The van der Waals surface area contributed by atoms with E-state index in [1.54, 1.807) is 11.9 Å². The first kappa shape index (κ1) is 16.0. The minimum atomic E-state index is -0.343. The van der Waals surface area contributed by atoms with E-state index >= 15 is 0 Å². The van der Waals surface area contributed by atoms with Crippen LogP contribution in [0, 0.1) is 0 Å². The van der Waals surface area contributed by atoms with Gasteiger partial charge in [0.05, 0.1) is 13.1 Å². The number of hydrogen-bond donors (Lipinski definition) is 2. The molecule has 0 atom stereocenters. The minimum absolute atomic E-state index is 0.0518. The van der Waals surface area contributed by atoms with E-state index in [0.29, 0.717) is 6.54 Å². The van der Waals surface area contributed by atoms with Crippen LogP contribution in [0.3, 0.4) is 0 Å². The van der Waals surface area contributed by atoms with Crippen molar-refractivity contribution in [3.8, 4) is 0 Å². The molecule has 6 nitrogen and oxygen atoms in total. The van der Waals surface area contributed by atoms with Crippen molar-refractivity contribution < 1.29 is 14.0 Å². The number of rotatable bonds is 6. The summed E-state index contributed by atoms with van der Waals surface area (Å²) in [4.78, 5) is 24.8. The molecule has 3 N–H and O–H groups in total. The number of fused-ring (bicyclic) bond motifs is 1. The number of likely N-dealkylation sites (N-methyl/N-ethyl adjacent to an activating group) is 1. The maximum absolute atomic E-state index is 12.1. The average Bonchev–Trinajstić information content (AvgIpc) is 2.90. The highest BCUT2D eigenvalue weighted by molar-refractivity contribution is 5.86. The summed E-state index contributed by atoms with van der Waals surface area (Å²) in [5, 5.41) is 3.50. The molecule has 2 rings (SSSR count). The topological polar surface area (TPSA) is 88.6 Å². The molecule has 22 heavy (non-hydrogen) atoms. The molecule has 6 heteroatoms. The first-order valence-corrected chi connectivity index (χ1v) is 7.26. The Morgan fingerprint density at radius 2 is 2.05 bits per heavy atom. The molecule has 1 aromatic carbocycles. The molecule has 0 radical (unpaired) electrons. The predicted octanol–water partition coefficient (Wildman–Crippen LogP) is 1.03. The van der Waals surface area contributed by atoms with E-state index in [1.807, 2.05) is 31.2 Å². The highest BCUT2D eigenvalue weighted by atomic mass is 16.3. The van der Waals surface area contributed by atoms with Crippen LogP contribution in [-0.4, -0.2) is 36.9 Å². The smallest absolute Gasteiger partial charge is 0.242 e. The number of amides is 2. The Morgan fingerprint density at radius 1 is 1.32 bits per heavy atom. The first-order valence-electron chi connectivity index (χ1n) is 7.26. The van der Waals surface area contributed by atoms with Crippen molar-refractivity contribution >= 4 is 22.8 Å². The molecule has 1 heterocycles. The third kappa shape index (κ3) is 3.46. The van der Waals surface area contributed by atoms with E-state index in [-0.39, 0.29) is 24.9 Å². The number of para-hydroxylation sites is 1. The largest absolute Gasteiger partial charge is 0.461 e. The summed E-state index contributed by atoms with van der Waals surface area (Å²) in [6.07, 6.45) is 0.760. The van der Waals surface area contributed by atoms with Crippen molar-refractivity contribution in [1.82, 2.24) is 10.2 Å². The van der Waals surface area contributed by atoms with Gasteiger partial charge in [0.1, 0.15) is 11.3 Å². The Bertz CT molecular complexity index is 678. The zero-order valence-corrected chi connectivity index (χ0v) is 12.9. The van der Waals surface area contributed by atoms with Crippen LogP contribution in [0.2, 0.25) is 0 Å². The van der Waals surface area contributed by atoms with Gasteiger partial charge in [0.25, 0.3) is 0 Å². The first-order chi connectivity index (χ1) is 10.6. The normalized spacial score (nSPS) is 10.7. The molecule has 0 spiro atoms. The molecule has 0 bridgehead atoms. The quantitative estimate of drug-likeness (QED) is 0.834. The number of carbonyl (C=O) groups excluding carboxylic acids is 2. The van der Waals surface area contributed by atoms with Gasteiger partial charge in [-0.2, -0.15) is 0 Å². The predicted molar refractivity (Wildman–Crippen MR) is 84.1 cm³/mol. The van der Waals surface area contributed by atoms with Crippen LogP contribution in [0.5, 0.6) is 0 Å². The fraction of sp³-hybridized carbons (Fsp3) is 0.375. The van der Waals surface area contributed by atoms with E-state index in [2.05, 4.69) is 5.32 Å². The number of aryl methyl sites for hydroxylation is 1. The molecule has 118 valence electrons. The molecule has 0 aliphatic carbocycles. The number of nitrogens with two attached hydrogens (primary N) is 1. The summed E-state index contributed by atoms with van der Waals surface area (Å²) in [6.45, 7) is 2.29. The number of nitrogens with one attached hydrogen (secondary N) is 1. The Labute approximate surface area is 129 Å². The van der Waals surface area contributed by atoms with Crippen LogP contribution in [-0.2, 0) is 22.6 Å². The van der Waals surface area contributed by atoms with E-state index in [4.69, 9.17) is 10.2 Å². The summed E-state index contributed by atoms with van der Waals surface area (Å²) in [5.74, 6) is 0.366. The van der Waals surface area contributed by atoms with Crippen molar-refractivity contribution in [2.75, 3.05) is 20.1 Å². The van der Waals surface area contributed by atoms with Gasteiger partial charge in [-0.1, -0.05) is 25.1 Å². The monoisotopic (exact) mass is 303 g/mol. The molecule has 0 aliphatic rings. The Hall–Kier alpha value is -2.34. The average molecular weight is 303 g/mol. The summed E-state index contributed by atoms with van der Waals surface area (Å²) in [7, 11) is 1.71.